The SMILES string of the molecule is CN(C(=O)OC(C)(C)C)c1sc(Br)nc1C(F)(F)F. The zero-order valence-electron chi connectivity index (χ0n) is 10.6. The average Bonchev–Trinajstić information content (AvgIpc) is 2.55. The van der Waals surface area contributed by atoms with Crippen LogP contribution in [0.5, 0.6) is 0 Å². The Hall–Kier alpha value is -0.830. The molecule has 108 valence electrons. The van der Waals surface area contributed by atoms with Gasteiger partial charge in [-0.25, -0.2) is 9.78 Å². The molecule has 1 aromatic heterocycles. The predicted octanol–water partition coefficient (Wildman–Crippen LogP) is 4.30. The summed E-state index contributed by atoms with van der Waals surface area (Å²) in [5.41, 5.74) is -1.90. The van der Waals surface area contributed by atoms with Crippen molar-refractivity contribution in [2.45, 2.75) is 32.5 Å². The highest BCUT2D eigenvalue weighted by Gasteiger charge is 2.40. The van der Waals surface area contributed by atoms with Crippen LogP contribution >= 0.6 is 27.3 Å². The maximum Gasteiger partial charge on any atom is 0.436 e. The molecule has 0 aliphatic carbocycles. The van der Waals surface area contributed by atoms with E-state index in [-0.39, 0.29) is 8.92 Å². The van der Waals surface area contributed by atoms with E-state index in [4.69, 9.17) is 4.74 Å². The zero-order chi connectivity index (χ0) is 15.0. The Morgan fingerprint density at radius 3 is 2.32 bits per heavy atom. The van der Waals surface area contributed by atoms with Crippen LogP contribution in [0.4, 0.5) is 23.0 Å². The molecular weight excluding hydrogens is 349 g/mol. The van der Waals surface area contributed by atoms with Gasteiger partial charge >= 0.3 is 12.3 Å². The number of carbonyl (C=O) groups is 1. The molecule has 0 unspecified atom stereocenters. The number of nitrogens with zero attached hydrogens (tertiary/aromatic N) is 2. The number of anilines is 1. The Morgan fingerprint density at radius 2 is 1.89 bits per heavy atom. The lowest BCUT2D eigenvalue weighted by molar-refractivity contribution is -0.140. The first kappa shape index (κ1) is 16.2. The minimum atomic E-state index is -4.63. The predicted molar refractivity (Wildman–Crippen MR) is 69.5 cm³/mol. The van der Waals surface area contributed by atoms with Crippen LogP contribution in [0.2, 0.25) is 0 Å². The van der Waals surface area contributed by atoms with Crippen molar-refractivity contribution < 1.29 is 22.7 Å². The number of rotatable bonds is 1. The lowest BCUT2D eigenvalue weighted by Gasteiger charge is -2.24. The molecule has 0 aromatic carbocycles. The number of hydrogen-bond acceptors (Lipinski definition) is 4. The number of ether oxygens (including phenoxy) is 1. The molecule has 1 heterocycles. The van der Waals surface area contributed by atoms with Crippen LogP contribution in [0.3, 0.4) is 0 Å². The Balaban J connectivity index is 3.07. The molecule has 1 amide bonds. The molecule has 0 aliphatic rings. The van der Waals surface area contributed by atoms with E-state index in [2.05, 4.69) is 20.9 Å². The van der Waals surface area contributed by atoms with Crippen molar-refractivity contribution in [3.8, 4) is 0 Å². The summed E-state index contributed by atoms with van der Waals surface area (Å²) in [5, 5.41) is -0.311. The fourth-order valence-electron chi connectivity index (χ4n) is 1.11. The summed E-state index contributed by atoms with van der Waals surface area (Å²) < 4.78 is 43.4. The van der Waals surface area contributed by atoms with E-state index in [0.717, 1.165) is 4.90 Å². The Labute approximate surface area is 120 Å². The summed E-state index contributed by atoms with van der Waals surface area (Å²) in [6.45, 7) is 4.89. The van der Waals surface area contributed by atoms with Crippen molar-refractivity contribution in [1.29, 1.82) is 0 Å². The molecule has 0 atom stereocenters. The summed E-state index contributed by atoms with van der Waals surface area (Å²) in [5.74, 6) is 0. The molecular formula is C10H12BrF3N2O2S. The van der Waals surface area contributed by atoms with Crippen molar-refractivity contribution in [1.82, 2.24) is 4.98 Å². The van der Waals surface area contributed by atoms with Gasteiger partial charge in [0.25, 0.3) is 0 Å². The third kappa shape index (κ3) is 4.34. The molecule has 0 radical (unpaired) electrons. The maximum absolute atomic E-state index is 12.8. The van der Waals surface area contributed by atoms with E-state index in [1.54, 1.807) is 20.8 Å². The highest BCUT2D eigenvalue weighted by atomic mass is 79.9. The monoisotopic (exact) mass is 360 g/mol. The smallest absolute Gasteiger partial charge is 0.436 e. The lowest BCUT2D eigenvalue weighted by Crippen LogP contribution is -2.34. The number of amides is 1. The van der Waals surface area contributed by atoms with Gasteiger partial charge in [-0.2, -0.15) is 13.2 Å². The van der Waals surface area contributed by atoms with Crippen LogP contribution in [-0.4, -0.2) is 23.7 Å². The van der Waals surface area contributed by atoms with Crippen LogP contribution in [0.1, 0.15) is 26.5 Å². The van der Waals surface area contributed by atoms with Crippen LogP contribution in [0.25, 0.3) is 0 Å². The summed E-state index contributed by atoms with van der Waals surface area (Å²) >= 11 is 3.60. The summed E-state index contributed by atoms with van der Waals surface area (Å²) in [7, 11) is 1.21. The first-order valence-corrected chi connectivity index (χ1v) is 6.73. The second-order valence-electron chi connectivity index (χ2n) is 4.66. The quantitative estimate of drug-likeness (QED) is 0.749. The van der Waals surface area contributed by atoms with Gasteiger partial charge in [0.05, 0.1) is 0 Å². The van der Waals surface area contributed by atoms with Gasteiger partial charge in [0.15, 0.2) is 9.61 Å². The van der Waals surface area contributed by atoms with Gasteiger partial charge in [0.1, 0.15) is 10.6 Å². The second-order valence-corrected chi connectivity index (χ2v) is 6.91. The summed E-state index contributed by atoms with van der Waals surface area (Å²) in [4.78, 5) is 15.9. The topological polar surface area (TPSA) is 42.4 Å². The van der Waals surface area contributed by atoms with Crippen LogP contribution in [-0.2, 0) is 10.9 Å². The van der Waals surface area contributed by atoms with Crippen molar-refractivity contribution in [3.05, 3.63) is 9.61 Å². The number of thiazole rings is 1. The standard InChI is InChI=1S/C10H12BrF3N2O2S/c1-9(2,3)18-8(17)16(4)6-5(10(12,13)14)15-7(11)19-6/h1-4H3. The Kier molecular flexibility index (Phi) is 4.51. The normalized spacial score (nSPS) is 12.4. The van der Waals surface area contributed by atoms with Crippen molar-refractivity contribution in [3.63, 3.8) is 0 Å². The van der Waals surface area contributed by atoms with Gasteiger partial charge in [-0.1, -0.05) is 11.3 Å². The molecule has 1 aromatic rings. The van der Waals surface area contributed by atoms with Gasteiger partial charge < -0.3 is 4.74 Å². The van der Waals surface area contributed by atoms with Gasteiger partial charge in [0, 0.05) is 7.05 Å². The molecule has 0 spiro atoms. The lowest BCUT2D eigenvalue weighted by atomic mass is 10.2. The molecule has 0 bridgehead atoms. The van der Waals surface area contributed by atoms with Crippen LogP contribution < -0.4 is 4.90 Å². The first-order chi connectivity index (χ1) is 8.42. The highest BCUT2D eigenvalue weighted by molar-refractivity contribution is 9.11. The minimum Gasteiger partial charge on any atom is -0.443 e. The van der Waals surface area contributed by atoms with E-state index < -0.39 is 23.6 Å². The number of carbonyl (C=O) groups excluding carboxylic acids is 1. The van der Waals surface area contributed by atoms with Gasteiger partial charge in [-0.3, -0.25) is 4.90 Å². The third-order valence-electron chi connectivity index (χ3n) is 1.82. The largest absolute Gasteiger partial charge is 0.443 e. The molecule has 9 heteroatoms. The molecule has 0 N–H and O–H groups in total. The van der Waals surface area contributed by atoms with Gasteiger partial charge in [-0.05, 0) is 36.7 Å². The van der Waals surface area contributed by atoms with Gasteiger partial charge in [-0.15, -0.1) is 0 Å². The molecule has 0 saturated heterocycles. The van der Waals surface area contributed by atoms with E-state index >= 15 is 0 Å². The van der Waals surface area contributed by atoms with E-state index in [9.17, 15) is 18.0 Å². The number of hydrogen-bond donors (Lipinski definition) is 0. The first-order valence-electron chi connectivity index (χ1n) is 5.12. The van der Waals surface area contributed by atoms with E-state index in [0.29, 0.717) is 11.3 Å². The molecule has 1 rings (SSSR count). The average molecular weight is 361 g/mol. The fourth-order valence-corrected chi connectivity index (χ4v) is 2.52. The minimum absolute atomic E-state index is 0.0465. The molecule has 0 fully saturated rings. The Bertz CT molecular complexity index is 482. The second kappa shape index (κ2) is 5.28. The summed E-state index contributed by atoms with van der Waals surface area (Å²) in [6, 6.07) is 0. The highest BCUT2D eigenvalue weighted by Crippen LogP contribution is 2.41. The van der Waals surface area contributed by atoms with E-state index in [1.807, 2.05) is 0 Å². The van der Waals surface area contributed by atoms with Crippen LogP contribution in [0.15, 0.2) is 3.92 Å². The number of halogens is 4. The van der Waals surface area contributed by atoms with Gasteiger partial charge in [0.2, 0.25) is 0 Å². The molecule has 0 aliphatic heterocycles. The Morgan fingerprint density at radius 1 is 1.37 bits per heavy atom. The number of alkyl halides is 3. The number of aromatic nitrogens is 1. The third-order valence-corrected chi connectivity index (χ3v) is 3.41. The van der Waals surface area contributed by atoms with E-state index in [1.165, 1.54) is 7.05 Å². The van der Waals surface area contributed by atoms with Crippen molar-refractivity contribution >= 4 is 38.4 Å². The molecule has 4 nitrogen and oxygen atoms in total. The maximum atomic E-state index is 12.8. The fraction of sp³-hybridized carbons (Fsp3) is 0.600. The zero-order valence-corrected chi connectivity index (χ0v) is 13.0. The van der Waals surface area contributed by atoms with Crippen molar-refractivity contribution in [2.75, 3.05) is 11.9 Å². The summed E-state index contributed by atoms with van der Waals surface area (Å²) in [6.07, 6.45) is -5.50. The van der Waals surface area contributed by atoms with Crippen LogP contribution in [0, 0.1) is 0 Å². The molecule has 0 saturated carbocycles. The van der Waals surface area contributed by atoms with Crippen molar-refractivity contribution in [2.24, 2.45) is 0 Å². The molecule has 19 heavy (non-hydrogen) atoms.